The molecule has 0 atom stereocenters. The van der Waals surface area contributed by atoms with E-state index in [1.165, 1.54) is 0 Å². The summed E-state index contributed by atoms with van der Waals surface area (Å²) < 4.78 is 86.7. The van der Waals surface area contributed by atoms with Crippen molar-refractivity contribution in [3.8, 4) is 56.4 Å². The van der Waals surface area contributed by atoms with E-state index in [2.05, 4.69) is 0 Å². The third-order valence-electron chi connectivity index (χ3n) is 8.64. The van der Waals surface area contributed by atoms with Crippen molar-refractivity contribution in [1.29, 1.82) is 0 Å². The third kappa shape index (κ3) is 4.09. The van der Waals surface area contributed by atoms with Crippen molar-refractivity contribution in [1.82, 2.24) is 15.0 Å². The van der Waals surface area contributed by atoms with Crippen LogP contribution in [0.5, 0.6) is 0 Å². The summed E-state index contributed by atoms with van der Waals surface area (Å²) in [4.78, 5) is 14.7. The molecule has 6 aromatic carbocycles. The first-order chi connectivity index (χ1) is 26.3. The Morgan fingerprint density at radius 2 is 1.11 bits per heavy atom. The fourth-order valence-electron chi connectivity index (χ4n) is 6.32. The Hall–Kier alpha value is -5.65. The van der Waals surface area contributed by atoms with Crippen LogP contribution in [0.2, 0.25) is 13.1 Å². The molecule has 0 spiro atoms. The molecule has 4 nitrogen and oxygen atoms in total. The van der Waals surface area contributed by atoms with Crippen molar-refractivity contribution in [2.24, 2.45) is 0 Å². The zero-order valence-electron chi connectivity index (χ0n) is 33.8. The van der Waals surface area contributed by atoms with E-state index in [0.29, 0.717) is 44.3 Å². The van der Waals surface area contributed by atoms with Crippen LogP contribution in [-0.4, -0.2) is 23.0 Å². The molecule has 0 fully saturated rings. The topological polar surface area (TPSA) is 51.8 Å². The van der Waals surface area contributed by atoms with Gasteiger partial charge in [0.25, 0.3) is 0 Å². The minimum absolute atomic E-state index is 0.0150. The molecule has 1 aliphatic heterocycles. The quantitative estimate of drug-likeness (QED) is 0.185. The van der Waals surface area contributed by atoms with Crippen LogP contribution >= 0.6 is 0 Å². The minimum atomic E-state index is -3.13. The van der Waals surface area contributed by atoms with E-state index >= 15 is 0 Å². The average molecular weight is 617 g/mol. The molecule has 46 heavy (non-hydrogen) atoms. The fraction of sp³-hybridized carbons (Fsp3) is 0.0488. The molecule has 0 N–H and O–H groups in total. The van der Waals surface area contributed by atoms with Crippen LogP contribution in [0.25, 0.3) is 78.4 Å². The molecule has 1 aliphatic rings. The van der Waals surface area contributed by atoms with Gasteiger partial charge in [0.2, 0.25) is 0 Å². The predicted molar refractivity (Wildman–Crippen MR) is 191 cm³/mol. The third-order valence-corrected chi connectivity index (χ3v) is 11.9. The lowest BCUT2D eigenvalue weighted by Gasteiger charge is -2.18. The lowest BCUT2D eigenvalue weighted by molar-refractivity contribution is 0.670. The van der Waals surface area contributed by atoms with E-state index in [-0.39, 0.29) is 63.5 Å². The van der Waals surface area contributed by atoms with Gasteiger partial charge in [-0.25, -0.2) is 15.0 Å². The average Bonchev–Trinajstić information content (AvgIpc) is 3.71. The molecule has 8 aromatic rings. The van der Waals surface area contributed by atoms with Gasteiger partial charge in [0.1, 0.15) is 19.2 Å². The highest BCUT2D eigenvalue weighted by atomic mass is 28.3. The molecule has 0 radical (unpaired) electrons. The predicted octanol–water partition coefficient (Wildman–Crippen LogP) is 9.24. The van der Waals surface area contributed by atoms with Gasteiger partial charge in [-0.15, -0.1) is 0 Å². The summed E-state index contributed by atoms with van der Waals surface area (Å²) in [6, 6.07) is 24.0. The Labute approximate surface area is 280 Å². The number of fused-ring (bicyclic) bond motifs is 7. The first kappa shape index (κ1) is 19.0. The van der Waals surface area contributed by atoms with E-state index in [1.807, 2.05) is 98.0 Å². The van der Waals surface area contributed by atoms with Crippen LogP contribution in [0.15, 0.2) is 144 Å². The zero-order chi connectivity index (χ0) is 38.7. The molecule has 0 amide bonds. The Bertz CT molecular complexity index is 2940. The van der Waals surface area contributed by atoms with Crippen molar-refractivity contribution in [3.63, 3.8) is 0 Å². The molecule has 218 valence electrons. The lowest BCUT2D eigenvalue weighted by atomic mass is 9.97. The fourth-order valence-corrected chi connectivity index (χ4v) is 9.06. The largest absolute Gasteiger partial charge is 0.455 e. The Balaban J connectivity index is 1.39. The summed E-state index contributed by atoms with van der Waals surface area (Å²) in [6.07, 6.45) is 0. The number of aromatic nitrogens is 3. The standard InChI is InChI=1S/C41H29N3OSi/c1-46(2)34-19-11-17-32(36(34)37-35(46)25-24-31-30-16-9-10-18-33(30)45-38(31)37)41-43-39(28-14-7-4-8-15-28)42-40(44-41)29-22-20-27(21-23-29)26-12-5-3-6-13-26/h3-25H,1-2H3/i9D,10D,11D,16D,17D,18D,19D,24D,25D. The maximum Gasteiger partial charge on any atom is 0.164 e. The number of hydrogen-bond donors (Lipinski definition) is 0. The molecule has 0 bridgehead atoms. The van der Waals surface area contributed by atoms with Gasteiger partial charge < -0.3 is 4.42 Å². The van der Waals surface area contributed by atoms with Crippen LogP contribution in [-0.2, 0) is 0 Å². The second kappa shape index (κ2) is 10.2. The number of benzene rings is 6. The number of nitrogens with zero attached hydrogens (tertiary/aromatic N) is 3. The van der Waals surface area contributed by atoms with Crippen molar-refractivity contribution >= 4 is 40.4 Å². The molecule has 0 aliphatic carbocycles. The molecule has 9 rings (SSSR count). The van der Waals surface area contributed by atoms with Crippen molar-refractivity contribution in [3.05, 3.63) is 139 Å². The van der Waals surface area contributed by atoms with E-state index in [9.17, 15) is 5.48 Å². The van der Waals surface area contributed by atoms with Crippen LogP contribution < -0.4 is 10.4 Å². The van der Waals surface area contributed by atoms with Gasteiger partial charge in [0.05, 0.1) is 12.3 Å². The van der Waals surface area contributed by atoms with E-state index in [1.54, 1.807) is 0 Å². The van der Waals surface area contributed by atoms with Gasteiger partial charge in [-0.1, -0.05) is 146 Å². The van der Waals surface area contributed by atoms with Gasteiger partial charge in [0, 0.05) is 33.0 Å². The highest BCUT2D eigenvalue weighted by Crippen LogP contribution is 2.42. The summed E-state index contributed by atoms with van der Waals surface area (Å²) in [7, 11) is -3.13. The highest BCUT2D eigenvalue weighted by molar-refractivity contribution is 7.04. The second-order valence-corrected chi connectivity index (χ2v) is 16.0. The summed E-state index contributed by atoms with van der Waals surface area (Å²) in [6.45, 7) is 3.85. The number of para-hydroxylation sites is 1. The van der Waals surface area contributed by atoms with Crippen LogP contribution in [0.3, 0.4) is 0 Å². The first-order valence-electron chi connectivity index (χ1n) is 19.4. The van der Waals surface area contributed by atoms with E-state index in [0.717, 1.165) is 11.1 Å². The molecule has 0 unspecified atom stereocenters. The Kier molecular flexibility index (Phi) is 4.21. The number of hydrogen-bond acceptors (Lipinski definition) is 4. The van der Waals surface area contributed by atoms with Crippen molar-refractivity contribution < 1.29 is 16.8 Å². The molecule has 0 saturated carbocycles. The smallest absolute Gasteiger partial charge is 0.164 e. The summed E-state index contributed by atoms with van der Waals surface area (Å²) in [5.41, 5.74) is 4.10. The second-order valence-electron chi connectivity index (χ2n) is 11.8. The highest BCUT2D eigenvalue weighted by Gasteiger charge is 2.41. The zero-order valence-corrected chi connectivity index (χ0v) is 25.8. The van der Waals surface area contributed by atoms with Crippen LogP contribution in [0.4, 0.5) is 0 Å². The van der Waals surface area contributed by atoms with Crippen LogP contribution in [0, 0.1) is 0 Å². The van der Waals surface area contributed by atoms with Gasteiger partial charge >= 0.3 is 0 Å². The summed E-state index contributed by atoms with van der Waals surface area (Å²) in [5, 5.41) is 0.929. The number of furan rings is 1. The maximum atomic E-state index is 9.41. The lowest BCUT2D eigenvalue weighted by Crippen LogP contribution is -2.49. The molecular formula is C41H29N3OSi. The summed E-state index contributed by atoms with van der Waals surface area (Å²) >= 11 is 0. The van der Waals surface area contributed by atoms with Crippen LogP contribution in [0.1, 0.15) is 12.3 Å². The Morgan fingerprint density at radius 1 is 0.522 bits per heavy atom. The molecule has 5 heteroatoms. The SMILES string of the molecule is [2H]c1c([2H])c(-c2nc(-c3ccccc3)nc(-c3ccc(-c4ccccc4)cc3)n2)c2c(c1[2H])[Si](C)(C)c1c([2H])c([2H])c3c(oc4c([2H])c([2H])c([2H])c([2H])c43)c1-2. The molecule has 2 aromatic heterocycles. The summed E-state index contributed by atoms with van der Waals surface area (Å²) in [5.74, 6) is 0.698. The van der Waals surface area contributed by atoms with E-state index in [4.69, 9.17) is 26.2 Å². The maximum absolute atomic E-state index is 9.41. The normalized spacial score (nSPS) is 15.9. The van der Waals surface area contributed by atoms with Gasteiger partial charge in [-0.3, -0.25) is 0 Å². The van der Waals surface area contributed by atoms with Gasteiger partial charge in [-0.05, 0) is 33.1 Å². The van der Waals surface area contributed by atoms with Gasteiger partial charge in [-0.2, -0.15) is 0 Å². The molecular weight excluding hydrogens is 579 g/mol. The minimum Gasteiger partial charge on any atom is -0.455 e. The van der Waals surface area contributed by atoms with Crippen molar-refractivity contribution in [2.45, 2.75) is 13.1 Å². The Morgan fingerprint density at radius 3 is 1.85 bits per heavy atom. The molecule has 3 heterocycles. The van der Waals surface area contributed by atoms with Gasteiger partial charge in [0.15, 0.2) is 17.5 Å². The van der Waals surface area contributed by atoms with Crippen molar-refractivity contribution in [2.75, 3.05) is 0 Å². The number of rotatable bonds is 4. The first-order valence-corrected chi connectivity index (χ1v) is 17.9. The monoisotopic (exact) mass is 616 g/mol. The molecule has 0 saturated heterocycles. The van der Waals surface area contributed by atoms with E-state index < -0.39 is 32.2 Å².